The van der Waals surface area contributed by atoms with Gasteiger partial charge in [0.2, 0.25) is 0 Å². The quantitative estimate of drug-likeness (QED) is 0.278. The van der Waals surface area contributed by atoms with Gasteiger partial charge in [0.25, 0.3) is 11.8 Å². The van der Waals surface area contributed by atoms with E-state index in [0.717, 1.165) is 37.2 Å². The summed E-state index contributed by atoms with van der Waals surface area (Å²) in [5.74, 6) is -0.172. The second-order valence-corrected chi connectivity index (χ2v) is 8.07. The van der Waals surface area contributed by atoms with Gasteiger partial charge in [0.1, 0.15) is 0 Å². The third kappa shape index (κ3) is 8.69. The number of nitrogens with zero attached hydrogens (tertiary/aromatic N) is 3. The topological polar surface area (TPSA) is 77.0 Å². The first-order chi connectivity index (χ1) is 16.0. The molecule has 2 amide bonds. The number of amides is 2. The summed E-state index contributed by atoms with van der Waals surface area (Å²) in [6.07, 6.45) is 4.02. The molecule has 0 bridgehead atoms. The van der Waals surface area contributed by atoms with Gasteiger partial charge in [-0.25, -0.2) is 5.43 Å². The fourth-order valence-electron chi connectivity index (χ4n) is 3.60. The molecule has 1 atom stereocenters. The number of unbranched alkanes of at least 4 members (excludes halogenated alkanes) is 1. The first-order valence-corrected chi connectivity index (χ1v) is 11.6. The van der Waals surface area contributed by atoms with Crippen LogP contribution in [0.4, 0.5) is 5.69 Å². The first-order valence-electron chi connectivity index (χ1n) is 11.6. The molecule has 2 N–H and O–H groups in total. The average Bonchev–Trinajstić information content (AvgIpc) is 2.84. The summed E-state index contributed by atoms with van der Waals surface area (Å²) in [6.45, 7) is 6.27. The van der Waals surface area contributed by atoms with E-state index in [9.17, 15) is 9.59 Å². The van der Waals surface area contributed by atoms with E-state index in [1.165, 1.54) is 0 Å². The largest absolute Gasteiger partial charge is 0.378 e. The maximum Gasteiger partial charge on any atom is 0.257 e. The minimum Gasteiger partial charge on any atom is -0.378 e. The summed E-state index contributed by atoms with van der Waals surface area (Å²) in [6, 6.07) is 16.9. The molecular formula is C26H37N5O2. The fraction of sp³-hybridized carbons (Fsp3) is 0.423. The average molecular weight is 452 g/mol. The molecule has 7 heteroatoms. The lowest BCUT2D eigenvalue weighted by Gasteiger charge is -2.28. The van der Waals surface area contributed by atoms with Crippen molar-refractivity contribution in [1.29, 1.82) is 0 Å². The molecule has 0 aliphatic rings. The second kappa shape index (κ2) is 14.1. The highest BCUT2D eigenvalue weighted by molar-refractivity contribution is 5.94. The molecule has 0 spiro atoms. The summed E-state index contributed by atoms with van der Waals surface area (Å²) >= 11 is 0. The normalized spacial score (nSPS) is 12.0. The van der Waals surface area contributed by atoms with Crippen LogP contribution in [-0.2, 0) is 4.79 Å². The Labute approximate surface area is 197 Å². The molecule has 0 heterocycles. The van der Waals surface area contributed by atoms with Crippen molar-refractivity contribution in [3.05, 3.63) is 65.7 Å². The maximum absolute atomic E-state index is 12.9. The molecule has 0 aromatic heterocycles. The van der Waals surface area contributed by atoms with Gasteiger partial charge in [-0.15, -0.1) is 0 Å². The Kier molecular flexibility index (Phi) is 11.1. The molecule has 0 aliphatic heterocycles. The molecule has 0 unspecified atom stereocenters. The lowest BCUT2D eigenvalue weighted by atomic mass is 10.1. The molecule has 2 aromatic rings. The van der Waals surface area contributed by atoms with Gasteiger partial charge in [0.05, 0.1) is 12.3 Å². The highest BCUT2D eigenvalue weighted by Gasteiger charge is 2.23. The first kappa shape index (κ1) is 26.1. The number of likely N-dealkylation sites (N-methyl/N-ethyl adjacent to an activating group) is 1. The van der Waals surface area contributed by atoms with Gasteiger partial charge in [0, 0.05) is 31.9 Å². The van der Waals surface area contributed by atoms with Gasteiger partial charge in [-0.05, 0) is 62.2 Å². The van der Waals surface area contributed by atoms with E-state index in [1.54, 1.807) is 18.3 Å². The van der Waals surface area contributed by atoms with Crippen molar-refractivity contribution in [2.24, 2.45) is 5.10 Å². The van der Waals surface area contributed by atoms with E-state index in [0.29, 0.717) is 18.5 Å². The molecule has 7 nitrogen and oxygen atoms in total. The van der Waals surface area contributed by atoms with Crippen LogP contribution in [0.5, 0.6) is 0 Å². The van der Waals surface area contributed by atoms with Gasteiger partial charge in [-0.2, -0.15) is 5.10 Å². The Hall–Kier alpha value is -3.19. The number of carbonyl (C=O) groups excluding carboxylic acids is 2. The van der Waals surface area contributed by atoms with E-state index >= 15 is 0 Å². The number of nitrogens with one attached hydrogen (secondary N) is 2. The zero-order valence-electron chi connectivity index (χ0n) is 20.3. The SMILES string of the molecule is CCN(CC)[C@H](CCCCNC(=O)c1ccccc1)C(=O)N/N=C/c1ccc(N(C)C)cc1. The van der Waals surface area contributed by atoms with Crippen molar-refractivity contribution in [1.82, 2.24) is 15.6 Å². The van der Waals surface area contributed by atoms with E-state index in [4.69, 9.17) is 0 Å². The second-order valence-electron chi connectivity index (χ2n) is 8.07. The summed E-state index contributed by atoms with van der Waals surface area (Å²) in [7, 11) is 3.99. The predicted molar refractivity (Wildman–Crippen MR) is 136 cm³/mol. The number of rotatable bonds is 13. The smallest absolute Gasteiger partial charge is 0.257 e. The zero-order valence-corrected chi connectivity index (χ0v) is 20.3. The maximum atomic E-state index is 12.9. The van der Waals surface area contributed by atoms with Gasteiger partial charge in [-0.3, -0.25) is 14.5 Å². The van der Waals surface area contributed by atoms with Gasteiger partial charge >= 0.3 is 0 Å². The van der Waals surface area contributed by atoms with Crippen LogP contribution in [0.3, 0.4) is 0 Å². The van der Waals surface area contributed by atoms with Crippen LogP contribution in [0.1, 0.15) is 49.0 Å². The predicted octanol–water partition coefficient (Wildman–Crippen LogP) is 3.51. The molecule has 0 fully saturated rings. The highest BCUT2D eigenvalue weighted by Crippen LogP contribution is 2.12. The van der Waals surface area contributed by atoms with Crippen molar-refractivity contribution in [3.8, 4) is 0 Å². The Morgan fingerprint density at radius 1 is 0.970 bits per heavy atom. The molecule has 2 rings (SSSR count). The van der Waals surface area contributed by atoms with Crippen LogP contribution in [0, 0.1) is 0 Å². The minimum atomic E-state index is -0.252. The van der Waals surface area contributed by atoms with Crippen LogP contribution in [0.2, 0.25) is 0 Å². The van der Waals surface area contributed by atoms with Gasteiger partial charge in [0.15, 0.2) is 0 Å². The van der Waals surface area contributed by atoms with Crippen molar-refractivity contribution < 1.29 is 9.59 Å². The lowest BCUT2D eigenvalue weighted by Crippen LogP contribution is -2.45. The molecule has 33 heavy (non-hydrogen) atoms. The highest BCUT2D eigenvalue weighted by atomic mass is 16.2. The Morgan fingerprint density at radius 3 is 2.24 bits per heavy atom. The lowest BCUT2D eigenvalue weighted by molar-refractivity contribution is -0.126. The Balaban J connectivity index is 1.83. The van der Waals surface area contributed by atoms with Crippen LogP contribution < -0.4 is 15.6 Å². The number of benzene rings is 2. The van der Waals surface area contributed by atoms with Crippen molar-refractivity contribution in [2.75, 3.05) is 38.6 Å². The minimum absolute atomic E-state index is 0.0680. The standard InChI is InChI=1S/C26H37N5O2/c1-5-31(6-2)24(14-10-11-19-27-25(32)22-12-8-7-9-13-22)26(33)29-28-20-21-15-17-23(18-16-21)30(3)4/h7-9,12-13,15-18,20,24H,5-6,10-11,14,19H2,1-4H3,(H,27,32)(H,29,33)/b28-20+/t24-/m1/s1. The number of hydrazone groups is 1. The summed E-state index contributed by atoms with van der Waals surface area (Å²) in [5, 5.41) is 7.11. The summed E-state index contributed by atoms with van der Waals surface area (Å²) in [4.78, 5) is 29.2. The Morgan fingerprint density at radius 2 is 1.64 bits per heavy atom. The van der Waals surface area contributed by atoms with Crippen LogP contribution >= 0.6 is 0 Å². The van der Waals surface area contributed by atoms with E-state index in [1.807, 2.05) is 61.5 Å². The number of anilines is 1. The molecule has 0 saturated carbocycles. The summed E-state index contributed by atoms with van der Waals surface area (Å²) < 4.78 is 0. The molecule has 0 radical (unpaired) electrons. The molecule has 2 aromatic carbocycles. The Bertz CT molecular complexity index is 877. The fourth-order valence-corrected chi connectivity index (χ4v) is 3.60. The third-order valence-corrected chi connectivity index (χ3v) is 5.58. The number of hydrogen-bond donors (Lipinski definition) is 2. The van der Waals surface area contributed by atoms with Crippen LogP contribution in [0.25, 0.3) is 0 Å². The molecule has 178 valence electrons. The van der Waals surface area contributed by atoms with Crippen molar-refractivity contribution in [2.45, 2.75) is 39.2 Å². The van der Waals surface area contributed by atoms with Crippen LogP contribution in [-0.4, -0.2) is 62.7 Å². The van der Waals surface area contributed by atoms with Gasteiger partial charge < -0.3 is 10.2 Å². The number of hydrogen-bond acceptors (Lipinski definition) is 5. The molecule has 0 saturated heterocycles. The van der Waals surface area contributed by atoms with Gasteiger partial charge in [-0.1, -0.05) is 44.2 Å². The van der Waals surface area contributed by atoms with E-state index in [-0.39, 0.29) is 17.9 Å². The molecular weight excluding hydrogens is 414 g/mol. The third-order valence-electron chi connectivity index (χ3n) is 5.58. The summed E-state index contributed by atoms with van der Waals surface area (Å²) in [5.41, 5.74) is 5.40. The van der Waals surface area contributed by atoms with Crippen molar-refractivity contribution in [3.63, 3.8) is 0 Å². The number of carbonyl (C=O) groups is 2. The van der Waals surface area contributed by atoms with E-state index in [2.05, 4.69) is 34.6 Å². The zero-order chi connectivity index (χ0) is 24.1. The monoisotopic (exact) mass is 451 g/mol. The van der Waals surface area contributed by atoms with Crippen LogP contribution in [0.15, 0.2) is 59.7 Å². The van der Waals surface area contributed by atoms with E-state index < -0.39 is 0 Å². The molecule has 0 aliphatic carbocycles. The van der Waals surface area contributed by atoms with Crippen molar-refractivity contribution >= 4 is 23.7 Å².